The van der Waals surface area contributed by atoms with Crippen molar-refractivity contribution in [2.24, 2.45) is 0 Å². The molecule has 5 nitrogen and oxygen atoms in total. The first-order valence-corrected chi connectivity index (χ1v) is 7.12. The fraction of sp³-hybridized carbons (Fsp3) is 0.0667. The Labute approximate surface area is 136 Å². The van der Waals surface area contributed by atoms with Gasteiger partial charge in [-0.15, -0.1) is 0 Å². The molecule has 0 aliphatic heterocycles. The summed E-state index contributed by atoms with van der Waals surface area (Å²) in [6.45, 7) is 0. The highest BCUT2D eigenvalue weighted by Gasteiger charge is 2.19. The molecule has 2 aromatic carbocycles. The standard InChI is InChI=1S/C15H11Cl2N3O2/c1-22-14-11(17)5-4-10(16)13(14)15(21)19-9-3-2-8-7-18-20-12(8)6-9/h2-7H,1H3,(H,18,20)(H,19,21). The van der Waals surface area contributed by atoms with Gasteiger partial charge in [-0.05, 0) is 30.3 Å². The minimum atomic E-state index is -0.400. The Kier molecular flexibility index (Phi) is 3.92. The maximum absolute atomic E-state index is 12.5. The Balaban J connectivity index is 1.96. The average Bonchev–Trinajstić information content (AvgIpc) is 2.96. The van der Waals surface area contributed by atoms with Crippen LogP contribution in [-0.4, -0.2) is 23.2 Å². The SMILES string of the molecule is COc1c(Cl)ccc(Cl)c1C(=O)Nc1ccc2cn[nH]c2c1. The van der Waals surface area contributed by atoms with Crippen LogP contribution in [-0.2, 0) is 0 Å². The number of amides is 1. The number of carbonyl (C=O) groups excluding carboxylic acids is 1. The lowest BCUT2D eigenvalue weighted by molar-refractivity contribution is 0.102. The summed E-state index contributed by atoms with van der Waals surface area (Å²) < 4.78 is 5.18. The van der Waals surface area contributed by atoms with E-state index in [-0.39, 0.29) is 16.3 Å². The zero-order valence-corrected chi connectivity index (χ0v) is 13.0. The maximum Gasteiger partial charge on any atom is 0.261 e. The number of ether oxygens (including phenoxy) is 1. The largest absolute Gasteiger partial charge is 0.494 e. The quantitative estimate of drug-likeness (QED) is 0.756. The number of hydrogen-bond acceptors (Lipinski definition) is 3. The fourth-order valence-corrected chi connectivity index (χ4v) is 2.62. The highest BCUT2D eigenvalue weighted by atomic mass is 35.5. The van der Waals surface area contributed by atoms with Gasteiger partial charge in [0.2, 0.25) is 0 Å². The summed E-state index contributed by atoms with van der Waals surface area (Å²) in [6, 6.07) is 8.55. The molecule has 3 aromatic rings. The lowest BCUT2D eigenvalue weighted by Crippen LogP contribution is -2.14. The van der Waals surface area contributed by atoms with Crippen molar-refractivity contribution in [3.8, 4) is 5.75 Å². The van der Waals surface area contributed by atoms with Gasteiger partial charge >= 0.3 is 0 Å². The zero-order valence-electron chi connectivity index (χ0n) is 11.5. The van der Waals surface area contributed by atoms with Crippen LogP contribution >= 0.6 is 23.2 Å². The van der Waals surface area contributed by atoms with E-state index in [2.05, 4.69) is 15.5 Å². The van der Waals surface area contributed by atoms with E-state index >= 15 is 0 Å². The van der Waals surface area contributed by atoms with Crippen LogP contribution in [0.4, 0.5) is 5.69 Å². The van der Waals surface area contributed by atoms with Gasteiger partial charge in [0.05, 0.1) is 28.9 Å². The average molecular weight is 336 g/mol. The second-order valence-corrected chi connectivity index (χ2v) is 5.38. The third-order valence-corrected chi connectivity index (χ3v) is 3.80. The number of fused-ring (bicyclic) bond motifs is 1. The number of carbonyl (C=O) groups is 1. The lowest BCUT2D eigenvalue weighted by atomic mass is 10.1. The van der Waals surface area contributed by atoms with Gasteiger partial charge in [-0.3, -0.25) is 9.89 Å². The molecule has 0 aliphatic carbocycles. The van der Waals surface area contributed by atoms with Crippen molar-refractivity contribution in [2.75, 3.05) is 12.4 Å². The molecule has 0 aliphatic rings. The first-order chi connectivity index (χ1) is 10.6. The maximum atomic E-state index is 12.5. The molecule has 3 rings (SSSR count). The number of aromatic nitrogens is 2. The van der Waals surface area contributed by atoms with Crippen LogP contribution in [0.3, 0.4) is 0 Å². The van der Waals surface area contributed by atoms with Crippen LogP contribution in [0.1, 0.15) is 10.4 Å². The third-order valence-electron chi connectivity index (χ3n) is 3.19. The highest BCUT2D eigenvalue weighted by molar-refractivity contribution is 6.37. The summed E-state index contributed by atoms with van der Waals surface area (Å²) in [5, 5.41) is 11.1. The summed E-state index contributed by atoms with van der Waals surface area (Å²) in [6.07, 6.45) is 1.71. The number of methoxy groups -OCH3 is 1. The normalized spacial score (nSPS) is 10.7. The van der Waals surface area contributed by atoms with Gasteiger partial charge in [0.1, 0.15) is 5.56 Å². The van der Waals surface area contributed by atoms with Crippen molar-refractivity contribution in [1.82, 2.24) is 10.2 Å². The summed E-state index contributed by atoms with van der Waals surface area (Å²) in [5.74, 6) is -0.155. The van der Waals surface area contributed by atoms with E-state index in [0.717, 1.165) is 10.9 Å². The molecule has 1 aromatic heterocycles. The first kappa shape index (κ1) is 14.7. The molecule has 112 valence electrons. The zero-order chi connectivity index (χ0) is 15.7. The van der Waals surface area contributed by atoms with Crippen molar-refractivity contribution in [3.63, 3.8) is 0 Å². The van der Waals surface area contributed by atoms with E-state index in [1.807, 2.05) is 6.07 Å². The number of halogens is 2. The van der Waals surface area contributed by atoms with Crippen LogP contribution in [0.2, 0.25) is 10.0 Å². The molecule has 22 heavy (non-hydrogen) atoms. The van der Waals surface area contributed by atoms with Crippen molar-refractivity contribution in [3.05, 3.63) is 52.1 Å². The first-order valence-electron chi connectivity index (χ1n) is 6.36. The number of nitrogens with one attached hydrogen (secondary N) is 2. The van der Waals surface area contributed by atoms with Crippen molar-refractivity contribution in [1.29, 1.82) is 0 Å². The molecule has 0 spiro atoms. The molecular weight excluding hydrogens is 325 g/mol. The minimum absolute atomic E-state index is 0.196. The fourth-order valence-electron chi connectivity index (χ4n) is 2.15. The van der Waals surface area contributed by atoms with Crippen LogP contribution < -0.4 is 10.1 Å². The van der Waals surface area contributed by atoms with Gasteiger partial charge < -0.3 is 10.1 Å². The predicted octanol–water partition coefficient (Wildman–Crippen LogP) is 4.13. The topological polar surface area (TPSA) is 67.0 Å². The van der Waals surface area contributed by atoms with E-state index in [4.69, 9.17) is 27.9 Å². The number of hydrogen-bond donors (Lipinski definition) is 2. The molecule has 0 unspecified atom stereocenters. The second-order valence-electron chi connectivity index (χ2n) is 4.56. The molecular formula is C15H11Cl2N3O2. The van der Waals surface area contributed by atoms with Gasteiger partial charge in [0.25, 0.3) is 5.91 Å². The Morgan fingerprint density at radius 2 is 2.00 bits per heavy atom. The van der Waals surface area contributed by atoms with Crippen LogP contribution in [0.25, 0.3) is 10.9 Å². The van der Waals surface area contributed by atoms with Gasteiger partial charge in [-0.1, -0.05) is 23.2 Å². The predicted molar refractivity (Wildman–Crippen MR) is 87.1 cm³/mol. The van der Waals surface area contributed by atoms with E-state index < -0.39 is 5.91 Å². The van der Waals surface area contributed by atoms with Crippen molar-refractivity contribution < 1.29 is 9.53 Å². The molecule has 2 N–H and O–H groups in total. The summed E-state index contributed by atoms with van der Waals surface area (Å²) in [4.78, 5) is 12.5. The monoisotopic (exact) mass is 335 g/mol. The highest BCUT2D eigenvalue weighted by Crippen LogP contribution is 2.34. The Morgan fingerprint density at radius 1 is 1.23 bits per heavy atom. The molecule has 7 heteroatoms. The van der Waals surface area contributed by atoms with Gasteiger partial charge in [0.15, 0.2) is 5.75 Å². The van der Waals surface area contributed by atoms with Crippen molar-refractivity contribution >= 4 is 45.7 Å². The lowest BCUT2D eigenvalue weighted by Gasteiger charge is -2.12. The van der Waals surface area contributed by atoms with Gasteiger partial charge in [-0.2, -0.15) is 5.10 Å². The third kappa shape index (κ3) is 2.61. The number of benzene rings is 2. The molecule has 0 fully saturated rings. The van der Waals surface area contributed by atoms with Gasteiger partial charge in [-0.25, -0.2) is 0 Å². The molecule has 0 radical (unpaired) electrons. The minimum Gasteiger partial charge on any atom is -0.494 e. The Bertz CT molecular complexity index is 861. The molecule has 1 heterocycles. The number of anilines is 1. The Morgan fingerprint density at radius 3 is 2.77 bits per heavy atom. The molecule has 1 amide bonds. The number of rotatable bonds is 3. The second kappa shape index (κ2) is 5.87. The van der Waals surface area contributed by atoms with E-state index in [1.54, 1.807) is 30.5 Å². The van der Waals surface area contributed by atoms with E-state index in [9.17, 15) is 4.79 Å². The Hall–Kier alpha value is -2.24. The molecule has 0 saturated heterocycles. The molecule has 0 atom stereocenters. The smallest absolute Gasteiger partial charge is 0.261 e. The number of aromatic amines is 1. The van der Waals surface area contributed by atoms with Crippen LogP contribution in [0.5, 0.6) is 5.75 Å². The number of H-pyrrole nitrogens is 1. The van der Waals surface area contributed by atoms with Crippen LogP contribution in [0.15, 0.2) is 36.5 Å². The molecule has 0 saturated carbocycles. The number of nitrogens with zero attached hydrogens (tertiary/aromatic N) is 1. The van der Waals surface area contributed by atoms with E-state index in [0.29, 0.717) is 10.7 Å². The van der Waals surface area contributed by atoms with Gasteiger partial charge in [0, 0.05) is 11.1 Å². The van der Waals surface area contributed by atoms with Crippen molar-refractivity contribution in [2.45, 2.75) is 0 Å². The van der Waals surface area contributed by atoms with E-state index in [1.165, 1.54) is 7.11 Å². The summed E-state index contributed by atoms with van der Waals surface area (Å²) >= 11 is 12.1. The van der Waals surface area contributed by atoms with Crippen LogP contribution in [0, 0.1) is 0 Å². The summed E-state index contributed by atoms with van der Waals surface area (Å²) in [7, 11) is 1.44. The molecule has 0 bridgehead atoms. The summed E-state index contributed by atoms with van der Waals surface area (Å²) in [5.41, 5.74) is 1.63.